The average molecular weight is 462 g/mol. The minimum Gasteiger partial charge on any atom is -0.378 e. The highest BCUT2D eigenvalue weighted by atomic mass is 32.1. The highest BCUT2D eigenvalue weighted by Crippen LogP contribution is 2.29. The van der Waals surface area contributed by atoms with Crippen LogP contribution in [0.25, 0.3) is 0 Å². The molecule has 0 aliphatic carbocycles. The summed E-state index contributed by atoms with van der Waals surface area (Å²) in [6.07, 6.45) is -2.98. The lowest BCUT2D eigenvalue weighted by Gasteiger charge is -2.28. The smallest absolute Gasteiger partial charge is 0.378 e. The van der Waals surface area contributed by atoms with Crippen molar-refractivity contribution in [1.82, 2.24) is 10.3 Å². The third kappa shape index (κ3) is 5.57. The third-order valence-corrected chi connectivity index (χ3v) is 5.84. The van der Waals surface area contributed by atoms with E-state index in [4.69, 9.17) is 4.74 Å². The van der Waals surface area contributed by atoms with Crippen molar-refractivity contribution >= 4 is 33.8 Å². The number of rotatable bonds is 6. The molecule has 1 aromatic heterocycles. The van der Waals surface area contributed by atoms with Gasteiger partial charge < -0.3 is 20.3 Å². The Hall–Kier alpha value is -3.11. The van der Waals surface area contributed by atoms with Crippen LogP contribution in [0.5, 0.6) is 0 Å². The number of amides is 1. The van der Waals surface area contributed by atoms with Crippen LogP contribution < -0.4 is 15.5 Å². The number of hydrogen-bond acceptors (Lipinski definition) is 6. The van der Waals surface area contributed by atoms with E-state index in [9.17, 15) is 18.0 Å². The number of morpholine rings is 1. The van der Waals surface area contributed by atoms with Gasteiger partial charge in [-0.15, -0.1) is 0 Å². The maximum atomic E-state index is 12.8. The molecule has 0 bridgehead atoms. The number of halogens is 3. The Balaban J connectivity index is 1.33. The van der Waals surface area contributed by atoms with E-state index in [0.29, 0.717) is 15.6 Å². The van der Waals surface area contributed by atoms with Crippen molar-refractivity contribution < 1.29 is 22.7 Å². The van der Waals surface area contributed by atoms with Crippen LogP contribution >= 0.6 is 11.3 Å². The van der Waals surface area contributed by atoms with Gasteiger partial charge in [-0.1, -0.05) is 23.5 Å². The lowest BCUT2D eigenvalue weighted by Crippen LogP contribution is -2.36. The van der Waals surface area contributed by atoms with E-state index in [1.165, 1.54) is 29.7 Å². The van der Waals surface area contributed by atoms with Gasteiger partial charge in [-0.25, -0.2) is 4.98 Å². The molecule has 0 unspecified atom stereocenters. The Morgan fingerprint density at radius 3 is 2.59 bits per heavy atom. The maximum absolute atomic E-state index is 12.8. The zero-order chi connectivity index (χ0) is 22.6. The second kappa shape index (κ2) is 9.58. The second-order valence-corrected chi connectivity index (χ2v) is 8.21. The first kappa shape index (κ1) is 22.1. The molecule has 2 N–H and O–H groups in total. The number of thiazole rings is 1. The predicted molar refractivity (Wildman–Crippen MR) is 117 cm³/mol. The lowest BCUT2D eigenvalue weighted by atomic mass is 10.1. The van der Waals surface area contributed by atoms with Gasteiger partial charge in [-0.3, -0.25) is 4.79 Å². The molecule has 2 heterocycles. The Labute approximate surface area is 187 Å². The molecule has 0 saturated carbocycles. The molecule has 6 nitrogen and oxygen atoms in total. The van der Waals surface area contributed by atoms with Gasteiger partial charge in [0.1, 0.15) is 4.88 Å². The molecule has 0 atom stereocenters. The fourth-order valence-electron chi connectivity index (χ4n) is 3.26. The van der Waals surface area contributed by atoms with Crippen LogP contribution in [0.4, 0.5) is 29.7 Å². The summed E-state index contributed by atoms with van der Waals surface area (Å²) in [4.78, 5) is 19.2. The van der Waals surface area contributed by atoms with E-state index < -0.39 is 17.6 Å². The van der Waals surface area contributed by atoms with Crippen LogP contribution in [0.3, 0.4) is 0 Å². The molecule has 168 valence electrons. The number of carbonyl (C=O) groups is 1. The van der Waals surface area contributed by atoms with Crippen molar-refractivity contribution in [2.75, 3.05) is 36.5 Å². The topological polar surface area (TPSA) is 66.5 Å². The number of hydrogen-bond donors (Lipinski definition) is 2. The molecule has 4 rings (SSSR count). The lowest BCUT2D eigenvalue weighted by molar-refractivity contribution is -0.137. The summed E-state index contributed by atoms with van der Waals surface area (Å²) in [5.41, 5.74) is 1.59. The van der Waals surface area contributed by atoms with Crippen LogP contribution in [-0.2, 0) is 17.5 Å². The van der Waals surface area contributed by atoms with Gasteiger partial charge in [-0.05, 0) is 42.0 Å². The van der Waals surface area contributed by atoms with Gasteiger partial charge in [0, 0.05) is 31.0 Å². The van der Waals surface area contributed by atoms with E-state index in [0.717, 1.165) is 49.8 Å². The number of nitrogens with zero attached hydrogens (tertiary/aromatic N) is 2. The van der Waals surface area contributed by atoms with Crippen molar-refractivity contribution in [3.05, 3.63) is 70.7 Å². The van der Waals surface area contributed by atoms with Crippen LogP contribution in [0.15, 0.2) is 54.7 Å². The molecule has 0 spiro atoms. The quantitative estimate of drug-likeness (QED) is 0.557. The molecule has 1 amide bonds. The minimum absolute atomic E-state index is 0.00752. The van der Waals surface area contributed by atoms with E-state index >= 15 is 0 Å². The van der Waals surface area contributed by atoms with Crippen molar-refractivity contribution in [2.45, 2.75) is 12.7 Å². The fraction of sp³-hybridized carbons (Fsp3) is 0.273. The SMILES string of the molecule is O=C(NCc1cccc(C(F)(F)F)c1)c1cnc(Nc2ccc(N3CCOCC3)cc2)s1. The summed E-state index contributed by atoms with van der Waals surface area (Å²) < 4.78 is 43.8. The number of ether oxygens (including phenoxy) is 1. The highest BCUT2D eigenvalue weighted by molar-refractivity contribution is 7.17. The van der Waals surface area contributed by atoms with E-state index in [1.807, 2.05) is 24.3 Å². The predicted octanol–water partition coefficient (Wildman–Crippen LogP) is 4.67. The molecule has 2 aromatic carbocycles. The Morgan fingerprint density at radius 2 is 1.88 bits per heavy atom. The van der Waals surface area contributed by atoms with Gasteiger partial charge in [-0.2, -0.15) is 13.2 Å². The summed E-state index contributed by atoms with van der Waals surface area (Å²) in [5, 5.41) is 6.35. The molecule has 1 saturated heterocycles. The number of nitrogens with one attached hydrogen (secondary N) is 2. The zero-order valence-corrected chi connectivity index (χ0v) is 17.8. The van der Waals surface area contributed by atoms with Crippen LogP contribution in [0.1, 0.15) is 20.8 Å². The molecule has 3 aromatic rings. The van der Waals surface area contributed by atoms with Crippen molar-refractivity contribution in [2.24, 2.45) is 0 Å². The third-order valence-electron chi connectivity index (χ3n) is 4.93. The molecule has 1 aliphatic heterocycles. The Morgan fingerprint density at radius 1 is 1.12 bits per heavy atom. The standard InChI is InChI=1S/C22H21F3N4O2S/c23-22(24,25)16-3-1-2-15(12-16)13-26-20(30)19-14-27-21(32-19)28-17-4-6-18(7-5-17)29-8-10-31-11-9-29/h1-7,12,14H,8-11,13H2,(H,26,30)(H,27,28). The van der Waals surface area contributed by atoms with Gasteiger partial charge in [0.05, 0.1) is 25.0 Å². The summed E-state index contributed by atoms with van der Waals surface area (Å²) in [7, 11) is 0. The maximum Gasteiger partial charge on any atom is 0.416 e. The number of carbonyl (C=O) groups excluding carboxylic acids is 1. The van der Waals surface area contributed by atoms with Gasteiger partial charge in [0.15, 0.2) is 5.13 Å². The minimum atomic E-state index is -4.42. The first-order valence-corrected chi connectivity index (χ1v) is 10.8. The van der Waals surface area contributed by atoms with Gasteiger partial charge >= 0.3 is 6.18 Å². The molecule has 1 fully saturated rings. The molecular weight excluding hydrogens is 441 g/mol. The van der Waals surface area contributed by atoms with Crippen LogP contribution in [0, 0.1) is 0 Å². The van der Waals surface area contributed by atoms with Crippen molar-refractivity contribution in [3.8, 4) is 0 Å². The highest BCUT2D eigenvalue weighted by Gasteiger charge is 2.30. The fourth-order valence-corrected chi connectivity index (χ4v) is 4.02. The molecule has 32 heavy (non-hydrogen) atoms. The average Bonchev–Trinajstić information content (AvgIpc) is 3.27. The first-order valence-electron chi connectivity index (χ1n) is 9.98. The molecule has 1 aliphatic rings. The molecule has 0 radical (unpaired) electrons. The Bertz CT molecular complexity index is 1060. The summed E-state index contributed by atoms with van der Waals surface area (Å²) >= 11 is 1.17. The molecular formula is C22H21F3N4O2S. The van der Waals surface area contributed by atoms with Gasteiger partial charge in [0.25, 0.3) is 5.91 Å². The van der Waals surface area contributed by atoms with Crippen LogP contribution in [-0.4, -0.2) is 37.2 Å². The first-order chi connectivity index (χ1) is 15.4. The zero-order valence-electron chi connectivity index (χ0n) is 17.0. The number of aromatic nitrogens is 1. The van der Waals surface area contributed by atoms with E-state index in [2.05, 4.69) is 20.5 Å². The second-order valence-electron chi connectivity index (χ2n) is 7.18. The van der Waals surface area contributed by atoms with Crippen LogP contribution in [0.2, 0.25) is 0 Å². The van der Waals surface area contributed by atoms with Crippen molar-refractivity contribution in [1.29, 1.82) is 0 Å². The van der Waals surface area contributed by atoms with Gasteiger partial charge in [0.2, 0.25) is 0 Å². The monoisotopic (exact) mass is 462 g/mol. The van der Waals surface area contributed by atoms with Crippen molar-refractivity contribution in [3.63, 3.8) is 0 Å². The number of anilines is 3. The van der Waals surface area contributed by atoms with E-state index in [-0.39, 0.29) is 6.54 Å². The summed E-state index contributed by atoms with van der Waals surface area (Å²) in [6, 6.07) is 12.8. The number of benzene rings is 2. The summed E-state index contributed by atoms with van der Waals surface area (Å²) in [6.45, 7) is 3.15. The summed E-state index contributed by atoms with van der Waals surface area (Å²) in [5.74, 6) is -0.393. The van der Waals surface area contributed by atoms with E-state index in [1.54, 1.807) is 0 Å². The Kier molecular flexibility index (Phi) is 6.61. The number of alkyl halides is 3. The largest absolute Gasteiger partial charge is 0.416 e. The molecule has 10 heteroatoms. The normalized spacial score (nSPS) is 14.3.